The number of alkyl halides is 3. The van der Waals surface area contributed by atoms with Crippen molar-refractivity contribution in [1.29, 1.82) is 0 Å². The summed E-state index contributed by atoms with van der Waals surface area (Å²) in [6, 6.07) is 9.77. The van der Waals surface area contributed by atoms with Crippen LogP contribution in [0.2, 0.25) is 5.02 Å². The molecule has 4 nitrogen and oxygen atoms in total. The van der Waals surface area contributed by atoms with Gasteiger partial charge in [0.2, 0.25) is 0 Å². The third kappa shape index (κ3) is 2.94. The van der Waals surface area contributed by atoms with Gasteiger partial charge in [0.1, 0.15) is 0 Å². The van der Waals surface area contributed by atoms with Crippen molar-refractivity contribution in [3.8, 4) is 0 Å². The maximum atomic E-state index is 12.7. The summed E-state index contributed by atoms with van der Waals surface area (Å²) in [5.41, 5.74) is 0.0159. The lowest BCUT2D eigenvalue weighted by Gasteiger charge is -2.10. The van der Waals surface area contributed by atoms with Gasteiger partial charge >= 0.3 is 12.1 Å². The number of carbonyl (C=O) groups is 1. The van der Waals surface area contributed by atoms with Crippen molar-refractivity contribution in [3.05, 3.63) is 64.3 Å². The standard InChI is InChI=1S/C16H10ClF3N2O2/c17-12-7-10(16(18,19)20)6-5-9(12)8-22-13-4-2-1-3-11(13)14(21-22)15(23)24/h1-7H,8H2,(H,23,24). The van der Waals surface area contributed by atoms with Crippen LogP contribution in [0.15, 0.2) is 42.5 Å². The number of hydrogen-bond acceptors (Lipinski definition) is 2. The SMILES string of the molecule is O=C(O)c1nn(Cc2ccc(C(F)(F)F)cc2Cl)c2ccccc12. The molecule has 1 N–H and O–H groups in total. The van der Waals surface area contributed by atoms with Gasteiger partial charge in [-0.05, 0) is 23.8 Å². The number of carboxylic acids is 1. The monoisotopic (exact) mass is 354 g/mol. The van der Waals surface area contributed by atoms with E-state index in [1.165, 1.54) is 10.7 Å². The zero-order valence-corrected chi connectivity index (χ0v) is 12.8. The topological polar surface area (TPSA) is 55.1 Å². The molecule has 24 heavy (non-hydrogen) atoms. The van der Waals surface area contributed by atoms with Gasteiger partial charge in [-0.2, -0.15) is 18.3 Å². The summed E-state index contributed by atoms with van der Waals surface area (Å²) in [5.74, 6) is -1.18. The minimum atomic E-state index is -4.48. The van der Waals surface area contributed by atoms with Crippen molar-refractivity contribution in [3.63, 3.8) is 0 Å². The first-order valence-corrected chi connectivity index (χ1v) is 7.19. The number of nitrogens with zero attached hydrogens (tertiary/aromatic N) is 2. The predicted octanol–water partition coefficient (Wildman–Crippen LogP) is 4.46. The average Bonchev–Trinajstić information content (AvgIpc) is 2.87. The Hall–Kier alpha value is -2.54. The molecule has 8 heteroatoms. The van der Waals surface area contributed by atoms with Gasteiger partial charge in [0, 0.05) is 10.4 Å². The second-order valence-electron chi connectivity index (χ2n) is 5.13. The maximum absolute atomic E-state index is 12.7. The molecule has 0 aliphatic rings. The minimum Gasteiger partial charge on any atom is -0.476 e. The van der Waals surface area contributed by atoms with E-state index in [9.17, 15) is 23.1 Å². The normalized spacial score (nSPS) is 11.8. The molecule has 3 aromatic rings. The summed E-state index contributed by atoms with van der Waals surface area (Å²) in [7, 11) is 0. The van der Waals surface area contributed by atoms with Crippen LogP contribution in [0.5, 0.6) is 0 Å². The lowest BCUT2D eigenvalue weighted by atomic mass is 10.1. The molecular formula is C16H10ClF3N2O2. The third-order valence-electron chi connectivity index (χ3n) is 3.56. The Kier molecular flexibility index (Phi) is 3.96. The molecule has 124 valence electrons. The minimum absolute atomic E-state index is 0.0544. The predicted molar refractivity (Wildman–Crippen MR) is 82.2 cm³/mol. The van der Waals surface area contributed by atoms with Crippen molar-refractivity contribution in [1.82, 2.24) is 9.78 Å². The number of rotatable bonds is 3. The van der Waals surface area contributed by atoms with Gasteiger partial charge < -0.3 is 5.11 Å². The van der Waals surface area contributed by atoms with Crippen LogP contribution in [0.25, 0.3) is 10.9 Å². The van der Waals surface area contributed by atoms with Crippen LogP contribution < -0.4 is 0 Å². The van der Waals surface area contributed by atoms with Crippen LogP contribution in [0.4, 0.5) is 13.2 Å². The number of aromatic carboxylic acids is 1. The highest BCUT2D eigenvalue weighted by Crippen LogP contribution is 2.32. The highest BCUT2D eigenvalue weighted by Gasteiger charge is 2.31. The summed E-state index contributed by atoms with van der Waals surface area (Å²) in [5, 5.41) is 13.6. The number of carboxylic acid groups (broad SMARTS) is 1. The maximum Gasteiger partial charge on any atom is 0.416 e. The molecule has 0 radical (unpaired) electrons. The molecule has 0 bridgehead atoms. The molecule has 0 aliphatic carbocycles. The lowest BCUT2D eigenvalue weighted by Crippen LogP contribution is -2.08. The summed E-state index contributed by atoms with van der Waals surface area (Å²) < 4.78 is 39.5. The molecule has 2 aromatic carbocycles. The van der Waals surface area contributed by atoms with E-state index in [0.29, 0.717) is 16.5 Å². The van der Waals surface area contributed by atoms with Crippen LogP contribution in [0.1, 0.15) is 21.6 Å². The van der Waals surface area contributed by atoms with E-state index in [1.807, 2.05) is 0 Å². The van der Waals surface area contributed by atoms with Crippen LogP contribution >= 0.6 is 11.6 Å². The van der Waals surface area contributed by atoms with Gasteiger partial charge in [0.25, 0.3) is 0 Å². The fourth-order valence-electron chi connectivity index (χ4n) is 2.42. The molecule has 3 rings (SSSR count). The largest absolute Gasteiger partial charge is 0.476 e. The first-order valence-electron chi connectivity index (χ1n) is 6.82. The second-order valence-corrected chi connectivity index (χ2v) is 5.54. The van der Waals surface area contributed by atoms with Crippen molar-refractivity contribution in [2.24, 2.45) is 0 Å². The molecule has 1 heterocycles. The van der Waals surface area contributed by atoms with E-state index >= 15 is 0 Å². The van der Waals surface area contributed by atoms with Gasteiger partial charge in [-0.15, -0.1) is 0 Å². The number of halogens is 4. The molecule has 0 saturated heterocycles. The Bertz CT molecular complexity index is 935. The molecule has 0 aliphatic heterocycles. The van der Waals surface area contributed by atoms with E-state index in [4.69, 9.17) is 11.6 Å². The molecule has 0 unspecified atom stereocenters. The van der Waals surface area contributed by atoms with Crippen LogP contribution in [0, 0.1) is 0 Å². The fourth-order valence-corrected chi connectivity index (χ4v) is 2.66. The van der Waals surface area contributed by atoms with Gasteiger partial charge in [0.15, 0.2) is 5.69 Å². The number of fused-ring (bicyclic) bond motifs is 1. The van der Waals surface area contributed by atoms with E-state index in [1.54, 1.807) is 24.3 Å². The smallest absolute Gasteiger partial charge is 0.416 e. The second kappa shape index (κ2) is 5.83. The van der Waals surface area contributed by atoms with E-state index in [0.717, 1.165) is 12.1 Å². The van der Waals surface area contributed by atoms with Gasteiger partial charge in [-0.1, -0.05) is 35.9 Å². The quantitative estimate of drug-likeness (QED) is 0.755. The lowest BCUT2D eigenvalue weighted by molar-refractivity contribution is -0.137. The summed E-state index contributed by atoms with van der Waals surface area (Å²) >= 11 is 5.95. The van der Waals surface area contributed by atoms with E-state index in [2.05, 4.69) is 5.10 Å². The Morgan fingerprint density at radius 2 is 1.92 bits per heavy atom. The van der Waals surface area contributed by atoms with Crippen molar-refractivity contribution >= 4 is 28.5 Å². The zero-order valence-electron chi connectivity index (χ0n) is 12.0. The first-order chi connectivity index (χ1) is 11.3. The molecular weight excluding hydrogens is 345 g/mol. The van der Waals surface area contributed by atoms with Crippen molar-refractivity contribution in [2.45, 2.75) is 12.7 Å². The Balaban J connectivity index is 2.03. The highest BCUT2D eigenvalue weighted by atomic mass is 35.5. The van der Waals surface area contributed by atoms with Crippen molar-refractivity contribution in [2.75, 3.05) is 0 Å². The third-order valence-corrected chi connectivity index (χ3v) is 3.91. The highest BCUT2D eigenvalue weighted by molar-refractivity contribution is 6.31. The zero-order chi connectivity index (χ0) is 17.5. The molecule has 0 fully saturated rings. The summed E-state index contributed by atoms with van der Waals surface area (Å²) in [6.07, 6.45) is -4.48. The molecule has 0 amide bonds. The Morgan fingerprint density at radius 3 is 2.54 bits per heavy atom. The Morgan fingerprint density at radius 1 is 1.21 bits per heavy atom. The fraction of sp³-hybridized carbons (Fsp3) is 0.125. The molecule has 0 saturated carbocycles. The number of hydrogen-bond donors (Lipinski definition) is 1. The summed E-state index contributed by atoms with van der Waals surface area (Å²) in [4.78, 5) is 11.3. The number of para-hydroxylation sites is 1. The van der Waals surface area contributed by atoms with Crippen molar-refractivity contribution < 1.29 is 23.1 Å². The van der Waals surface area contributed by atoms with Crippen LogP contribution in [-0.4, -0.2) is 20.9 Å². The summed E-state index contributed by atoms with van der Waals surface area (Å²) in [6.45, 7) is 0.0603. The van der Waals surface area contributed by atoms with Gasteiger partial charge in [-0.25, -0.2) is 4.79 Å². The molecule has 1 aromatic heterocycles. The average molecular weight is 355 g/mol. The van der Waals surface area contributed by atoms with E-state index in [-0.39, 0.29) is 17.3 Å². The van der Waals surface area contributed by atoms with Crippen LogP contribution in [0.3, 0.4) is 0 Å². The number of aromatic nitrogens is 2. The van der Waals surface area contributed by atoms with Crippen LogP contribution in [-0.2, 0) is 12.7 Å². The molecule has 0 spiro atoms. The Labute approximate surface area is 139 Å². The van der Waals surface area contributed by atoms with Gasteiger partial charge in [-0.3, -0.25) is 4.68 Å². The van der Waals surface area contributed by atoms with E-state index < -0.39 is 17.7 Å². The molecule has 0 atom stereocenters. The first kappa shape index (κ1) is 16.3. The van der Waals surface area contributed by atoms with Gasteiger partial charge in [0.05, 0.1) is 17.6 Å². The number of benzene rings is 2.